The Morgan fingerprint density at radius 3 is 1.84 bits per heavy atom. The number of aliphatic hydroxyl groups is 14. The minimum atomic E-state index is -2.12. The first-order chi connectivity index (χ1) is 43.7. The molecule has 0 aromatic rings. The molecule has 3 rings (SSSR count). The highest BCUT2D eigenvalue weighted by Crippen LogP contribution is 2.42. The van der Waals surface area contributed by atoms with Crippen LogP contribution < -0.4 is 0 Å². The molecule has 0 amide bonds. The Hall–Kier alpha value is -2.29. The molecule has 6 unspecified atom stereocenters. The molecule has 27 atom stereocenters. The Balaban J connectivity index is 1.81. The summed E-state index contributed by atoms with van der Waals surface area (Å²) in [5.41, 5.74) is 1.69. The van der Waals surface area contributed by atoms with Crippen molar-refractivity contribution in [2.24, 2.45) is 41.4 Å². The van der Waals surface area contributed by atoms with Crippen molar-refractivity contribution in [3.63, 3.8) is 0 Å². The van der Waals surface area contributed by atoms with Gasteiger partial charge in [-0.1, -0.05) is 117 Å². The van der Waals surface area contributed by atoms with Gasteiger partial charge >= 0.3 is 5.97 Å². The smallest absolute Gasteiger partial charge is 0.311 e. The number of rotatable bonds is 8. The van der Waals surface area contributed by atoms with E-state index in [0.29, 0.717) is 89.4 Å². The normalized spacial score (nSPS) is 43.4. The summed E-state index contributed by atoms with van der Waals surface area (Å²) in [4.78, 5) is 15.4. The molecule has 0 saturated carbocycles. The van der Waals surface area contributed by atoms with E-state index in [1.54, 1.807) is 53.6 Å². The summed E-state index contributed by atoms with van der Waals surface area (Å²) in [7, 11) is 3.47. The van der Waals surface area contributed by atoms with Crippen molar-refractivity contribution in [3.8, 4) is 0 Å². The molecule has 93 heavy (non-hydrogen) atoms. The van der Waals surface area contributed by atoms with Crippen LogP contribution in [0.15, 0.2) is 47.6 Å². The van der Waals surface area contributed by atoms with Crippen LogP contribution in [0.25, 0.3) is 0 Å². The molecule has 20 heteroatoms. The van der Waals surface area contributed by atoms with Gasteiger partial charge in [-0.2, -0.15) is 0 Å². The van der Waals surface area contributed by atoms with Crippen molar-refractivity contribution in [2.45, 2.75) is 352 Å². The Bertz CT molecular complexity index is 2170. The van der Waals surface area contributed by atoms with Crippen LogP contribution in [-0.2, 0) is 23.7 Å². The quantitative estimate of drug-likeness (QED) is 0.0822. The molecular weight excluding hydrogens is 1190 g/mol. The predicted octanol–water partition coefficient (Wildman–Crippen LogP) is 7.59. The van der Waals surface area contributed by atoms with Crippen LogP contribution in [0.4, 0.5) is 0 Å². The maximum Gasteiger partial charge on any atom is 0.311 e. The van der Waals surface area contributed by atoms with E-state index in [0.717, 1.165) is 36.8 Å². The molecule has 3 aliphatic rings. The van der Waals surface area contributed by atoms with Crippen LogP contribution in [0.3, 0.4) is 0 Å². The molecule has 20 nitrogen and oxygen atoms in total. The third-order valence-electron chi connectivity index (χ3n) is 20.8. The van der Waals surface area contributed by atoms with E-state index in [4.69, 9.17) is 18.9 Å². The Morgan fingerprint density at radius 2 is 1.23 bits per heavy atom. The highest BCUT2D eigenvalue weighted by molar-refractivity contribution is 5.71. The number of cyclic esters (lactones) is 1. The topological polar surface area (TPSA) is 340 Å². The minimum absolute atomic E-state index is 0.0177. The lowest BCUT2D eigenvalue weighted by Gasteiger charge is -2.50. The predicted molar refractivity (Wildman–Crippen MR) is 361 cm³/mol. The zero-order valence-corrected chi connectivity index (χ0v) is 59.2. The van der Waals surface area contributed by atoms with Crippen molar-refractivity contribution in [1.82, 2.24) is 4.90 Å². The molecule has 0 aromatic carbocycles. The number of hydrogen-bond donors (Lipinski definition) is 14. The van der Waals surface area contributed by atoms with E-state index in [1.165, 1.54) is 12.2 Å². The number of ether oxygens (including phenoxy) is 4. The number of fused-ring (bicyclic) bond motifs is 2. The first kappa shape index (κ1) is 84.9. The minimum Gasteiger partial charge on any atom is -0.458 e. The molecule has 3 aliphatic heterocycles. The van der Waals surface area contributed by atoms with Crippen LogP contribution in [0.1, 0.15) is 230 Å². The van der Waals surface area contributed by atoms with E-state index in [2.05, 4.69) is 13.8 Å². The summed E-state index contributed by atoms with van der Waals surface area (Å²) in [6.07, 6.45) is 5.19. The number of aliphatic hydroxyl groups excluding tert-OH is 13. The highest BCUT2D eigenvalue weighted by atomic mass is 16.7. The SMILES string of the molecule is CCC(C)CCCC1/C=C(\C)[C@@H](O)C[C@H](O)CCC[C@H](O)[C@@H](C)[C@H](O)C/C=C/C=C(\C)C[C@H](C)[C@@H]2C[C@H](OC3O[C@H](C)[C@@H](O)[C@H](N(C)C)[C@H]3O)[C@@H](C)C(O)(CC(=O)OC(C)/C=C/[C@@H](O)C[C@@H](O)CCC[C@H](O)[C@@H](C)[C@H](O)CC[C@H](C)[C@H](O)C[C@@H](O)CCCCC(O)C1)O2. The highest BCUT2D eigenvalue weighted by Gasteiger charge is 2.53. The number of nitrogens with zero attached hydrogens (tertiary/aromatic N) is 1. The molecular formula is C73H133NO19. The second kappa shape index (κ2) is 43.3. The summed E-state index contributed by atoms with van der Waals surface area (Å²) in [5.74, 6) is -4.62. The van der Waals surface area contributed by atoms with Crippen molar-refractivity contribution in [2.75, 3.05) is 14.1 Å². The van der Waals surface area contributed by atoms with Gasteiger partial charge in [0.1, 0.15) is 12.2 Å². The van der Waals surface area contributed by atoms with Crippen molar-refractivity contribution in [3.05, 3.63) is 47.6 Å². The summed E-state index contributed by atoms with van der Waals surface area (Å²) >= 11 is 0. The first-order valence-corrected chi connectivity index (χ1v) is 35.8. The van der Waals surface area contributed by atoms with Gasteiger partial charge in [0.2, 0.25) is 0 Å². The van der Waals surface area contributed by atoms with Gasteiger partial charge in [0.25, 0.3) is 0 Å². The van der Waals surface area contributed by atoms with E-state index in [9.17, 15) is 76.3 Å². The molecule has 14 N–H and O–H groups in total. The van der Waals surface area contributed by atoms with E-state index in [1.807, 2.05) is 52.0 Å². The van der Waals surface area contributed by atoms with Gasteiger partial charge in [0.15, 0.2) is 12.1 Å². The first-order valence-electron chi connectivity index (χ1n) is 35.8. The fourth-order valence-electron chi connectivity index (χ4n) is 13.6. The zero-order valence-electron chi connectivity index (χ0n) is 59.2. The molecule has 0 radical (unpaired) electrons. The van der Waals surface area contributed by atoms with E-state index < -0.39 is 152 Å². The maximum atomic E-state index is 13.7. The number of allylic oxidation sites excluding steroid dienone is 4. The summed E-state index contributed by atoms with van der Waals surface area (Å²) < 4.78 is 24.7. The van der Waals surface area contributed by atoms with Gasteiger partial charge in [-0.05, 0) is 173 Å². The average Bonchev–Trinajstić information content (AvgIpc) is 0.783. The van der Waals surface area contributed by atoms with Crippen molar-refractivity contribution in [1.29, 1.82) is 0 Å². The zero-order chi connectivity index (χ0) is 69.9. The van der Waals surface area contributed by atoms with Crippen LogP contribution in [-0.4, -0.2) is 218 Å². The second-order valence-corrected chi connectivity index (χ2v) is 29.5. The molecule has 544 valence electrons. The monoisotopic (exact) mass is 1330 g/mol. The number of likely N-dealkylation sites (N-methyl/N-ethyl adjacent to an activating group) is 1. The molecule has 3 heterocycles. The van der Waals surface area contributed by atoms with Crippen molar-refractivity contribution >= 4 is 5.97 Å². The van der Waals surface area contributed by atoms with Gasteiger partial charge in [-0.25, -0.2) is 0 Å². The van der Waals surface area contributed by atoms with Crippen LogP contribution in [0.5, 0.6) is 0 Å². The molecule has 2 fully saturated rings. The lowest BCUT2D eigenvalue weighted by molar-refractivity contribution is -0.349. The molecule has 0 spiro atoms. The summed E-state index contributed by atoms with van der Waals surface area (Å²) in [6, 6.07) is -0.726. The summed E-state index contributed by atoms with van der Waals surface area (Å²) in [6.45, 7) is 20.5. The second-order valence-electron chi connectivity index (χ2n) is 29.5. The van der Waals surface area contributed by atoms with Crippen LogP contribution in [0.2, 0.25) is 0 Å². The number of carbonyl (C=O) groups excluding carboxylic acids is 1. The Morgan fingerprint density at radius 1 is 0.656 bits per heavy atom. The lowest BCUT2D eigenvalue weighted by Crippen LogP contribution is -2.64. The summed E-state index contributed by atoms with van der Waals surface area (Å²) in [5, 5.41) is 156. The third kappa shape index (κ3) is 30.8. The van der Waals surface area contributed by atoms with Gasteiger partial charge < -0.3 is 95.3 Å². The van der Waals surface area contributed by atoms with E-state index in [-0.39, 0.29) is 56.3 Å². The lowest BCUT2D eigenvalue weighted by atomic mass is 9.81. The number of esters is 1. The van der Waals surface area contributed by atoms with Crippen LogP contribution in [0, 0.1) is 41.4 Å². The number of carbonyl (C=O) groups is 1. The molecule has 2 bridgehead atoms. The van der Waals surface area contributed by atoms with E-state index >= 15 is 0 Å². The fourth-order valence-corrected chi connectivity index (χ4v) is 13.6. The van der Waals surface area contributed by atoms with Gasteiger partial charge in [-0.15, -0.1) is 0 Å². The molecule has 0 aliphatic carbocycles. The third-order valence-corrected chi connectivity index (χ3v) is 20.8. The largest absolute Gasteiger partial charge is 0.458 e. The fraction of sp³-hybridized carbons (Fsp3) is 0.877. The molecule has 0 aromatic heterocycles. The van der Waals surface area contributed by atoms with Gasteiger partial charge in [0.05, 0.1) is 104 Å². The Labute approximate surface area is 559 Å². The Kier molecular flexibility index (Phi) is 39.5. The van der Waals surface area contributed by atoms with Gasteiger partial charge in [-0.3, -0.25) is 4.79 Å². The average molecular weight is 1330 g/mol. The molecule has 2 saturated heterocycles. The maximum absolute atomic E-state index is 13.7. The van der Waals surface area contributed by atoms with Gasteiger partial charge in [0, 0.05) is 37.0 Å². The van der Waals surface area contributed by atoms with Crippen molar-refractivity contribution < 1.29 is 95.2 Å². The number of hydrogen-bond acceptors (Lipinski definition) is 20. The standard InChI is InChI=1S/C73H133NO19/c1-14-44(2)23-19-24-54-37-47(5)65(85)41-58(78)28-21-31-61(81)50(8)60(80)29-18-15-22-45(3)36-48(6)66-42-67(92-72-71(88)69(74(12)13)70(87)53(11)91-72)52(10)73(89,93-66)43-68(86)90-49(7)33-34-59(79)39-56(76)27-20-30-62(82)51(9)63(83)35-32-46(4)64(84)40-57(77)26-17-16-25-55(75)38-54/h15,18,22,33-34,37,44,46,48-67,69-72,75-85,87-89H,14,16-17,19-21,23-32,35-36,38-43H2,1-13H3/b18-15+,34-33+,45-22+,47-37+/t44?,46-,48-,49?,50-,51+,52+,53+,54?,55?,56-,57-,58+,59+,60+,61-,62-,63+,64+,65-,66-,67-,69-,70+,71+,72?,73?/m0/s1. The van der Waals surface area contributed by atoms with Crippen LogP contribution >= 0.6 is 0 Å².